The molecule has 0 aromatic carbocycles. The molecule has 0 atom stereocenters. The van der Waals surface area contributed by atoms with Crippen LogP contribution in [0.1, 0.15) is 25.5 Å². The number of nitrogens with zero attached hydrogens (tertiary/aromatic N) is 4. The van der Waals surface area contributed by atoms with E-state index in [-0.39, 0.29) is 6.61 Å². The first kappa shape index (κ1) is 16.3. The lowest BCUT2D eigenvalue weighted by Crippen LogP contribution is -2.35. The van der Waals surface area contributed by atoms with Gasteiger partial charge in [0.25, 0.3) is 0 Å². The number of thiophene rings is 1. The molecule has 4 heterocycles. The van der Waals surface area contributed by atoms with E-state index in [1.807, 2.05) is 17.5 Å². The summed E-state index contributed by atoms with van der Waals surface area (Å²) in [5, 5.41) is 22.0. The molecule has 0 bridgehead atoms. The van der Waals surface area contributed by atoms with Crippen LogP contribution in [0.25, 0.3) is 10.2 Å². The molecule has 0 amide bonds. The van der Waals surface area contributed by atoms with Crippen LogP contribution < -0.4 is 10.2 Å². The molecule has 0 unspecified atom stereocenters. The number of aliphatic hydroxyl groups excluding tert-OH is 1. The number of fused-ring (bicyclic) bond motifs is 1. The largest absolute Gasteiger partial charge is 0.396 e. The summed E-state index contributed by atoms with van der Waals surface area (Å²) in [7, 11) is 0. The van der Waals surface area contributed by atoms with Crippen LogP contribution in [-0.4, -0.2) is 45.0 Å². The fraction of sp³-hybridized carbons (Fsp3) is 0.471. The Morgan fingerprint density at radius 2 is 2.20 bits per heavy atom. The van der Waals surface area contributed by atoms with Crippen molar-refractivity contribution in [2.24, 2.45) is 5.92 Å². The highest BCUT2D eigenvalue weighted by molar-refractivity contribution is 7.17. The van der Waals surface area contributed by atoms with Gasteiger partial charge in [-0.25, -0.2) is 4.98 Å². The number of H-pyrrole nitrogens is 1. The lowest BCUT2D eigenvalue weighted by atomic mass is 9.98. The molecule has 25 heavy (non-hydrogen) atoms. The first-order chi connectivity index (χ1) is 12.3. The van der Waals surface area contributed by atoms with Gasteiger partial charge in [-0.2, -0.15) is 10.1 Å². The summed E-state index contributed by atoms with van der Waals surface area (Å²) < 4.78 is 1.04. The van der Waals surface area contributed by atoms with E-state index in [0.29, 0.717) is 5.92 Å². The van der Waals surface area contributed by atoms with Crippen molar-refractivity contribution >= 4 is 39.1 Å². The molecule has 3 aromatic heterocycles. The second-order valence-corrected chi connectivity index (χ2v) is 7.29. The predicted molar refractivity (Wildman–Crippen MR) is 101 cm³/mol. The van der Waals surface area contributed by atoms with Gasteiger partial charge < -0.3 is 15.3 Å². The first-order valence-corrected chi connectivity index (χ1v) is 9.57. The number of piperidine rings is 1. The van der Waals surface area contributed by atoms with Gasteiger partial charge in [0.2, 0.25) is 5.95 Å². The van der Waals surface area contributed by atoms with Crippen LogP contribution in [-0.2, 0) is 6.42 Å². The molecule has 0 radical (unpaired) electrons. The second-order valence-electron chi connectivity index (χ2n) is 6.38. The molecule has 3 N–H and O–H groups in total. The Kier molecular flexibility index (Phi) is 4.54. The van der Waals surface area contributed by atoms with Gasteiger partial charge in [-0.1, -0.05) is 6.92 Å². The number of aromatic amines is 1. The standard InChI is InChI=1S/C17H22N6OS/c1-2-12-9-14(22-21-12)19-16-15-13(5-8-25-15)18-17(20-16)23-6-3-11(10-24)4-7-23/h5,8-9,11,24H,2-4,6-7,10H2,1H3,(H2,18,19,20,21,22). The van der Waals surface area contributed by atoms with Crippen LogP contribution in [0.2, 0.25) is 0 Å². The molecular weight excluding hydrogens is 336 g/mol. The Bertz CT molecular complexity index is 852. The van der Waals surface area contributed by atoms with Crippen molar-refractivity contribution in [1.82, 2.24) is 20.2 Å². The quantitative estimate of drug-likeness (QED) is 0.650. The maximum Gasteiger partial charge on any atom is 0.227 e. The summed E-state index contributed by atoms with van der Waals surface area (Å²) in [6.07, 6.45) is 2.87. The summed E-state index contributed by atoms with van der Waals surface area (Å²) in [5.74, 6) is 2.72. The van der Waals surface area contributed by atoms with E-state index < -0.39 is 0 Å². The Morgan fingerprint density at radius 1 is 1.36 bits per heavy atom. The van der Waals surface area contributed by atoms with Gasteiger partial charge in [-0.3, -0.25) is 5.10 Å². The molecule has 1 saturated heterocycles. The van der Waals surface area contributed by atoms with Gasteiger partial charge in [0.05, 0.1) is 10.2 Å². The fourth-order valence-corrected chi connectivity index (χ4v) is 3.90. The number of anilines is 3. The Balaban J connectivity index is 1.63. The summed E-state index contributed by atoms with van der Waals surface area (Å²) in [5.41, 5.74) is 2.04. The molecule has 4 rings (SSSR count). The predicted octanol–water partition coefficient (Wildman–Crippen LogP) is 2.93. The third-order valence-corrected chi connectivity index (χ3v) is 5.62. The number of hydrogen-bond acceptors (Lipinski definition) is 7. The highest BCUT2D eigenvalue weighted by Gasteiger charge is 2.22. The van der Waals surface area contributed by atoms with Gasteiger partial charge in [-0.05, 0) is 36.6 Å². The van der Waals surface area contributed by atoms with Crippen molar-refractivity contribution in [3.8, 4) is 0 Å². The topological polar surface area (TPSA) is 90.0 Å². The highest BCUT2D eigenvalue weighted by atomic mass is 32.1. The van der Waals surface area contributed by atoms with Gasteiger partial charge in [-0.15, -0.1) is 11.3 Å². The Hall–Kier alpha value is -2.19. The van der Waals surface area contributed by atoms with E-state index in [1.54, 1.807) is 11.3 Å². The van der Waals surface area contributed by atoms with Crippen LogP contribution in [0.3, 0.4) is 0 Å². The van der Waals surface area contributed by atoms with Crippen LogP contribution in [0.15, 0.2) is 17.5 Å². The monoisotopic (exact) mass is 358 g/mol. The first-order valence-electron chi connectivity index (χ1n) is 8.69. The molecule has 0 spiro atoms. The average molecular weight is 358 g/mol. The normalized spacial score (nSPS) is 15.8. The van der Waals surface area contributed by atoms with Gasteiger partial charge >= 0.3 is 0 Å². The third-order valence-electron chi connectivity index (χ3n) is 4.71. The molecule has 8 heteroatoms. The SMILES string of the molecule is CCc1cc(Nc2nc(N3CCC(CO)CC3)nc3ccsc23)n[nH]1. The maximum atomic E-state index is 9.32. The minimum absolute atomic E-state index is 0.268. The number of aryl methyl sites for hydroxylation is 1. The van der Waals surface area contributed by atoms with Crippen LogP contribution in [0.4, 0.5) is 17.6 Å². The van der Waals surface area contributed by atoms with E-state index in [1.165, 1.54) is 0 Å². The van der Waals surface area contributed by atoms with Crippen molar-refractivity contribution in [1.29, 1.82) is 0 Å². The van der Waals surface area contributed by atoms with Crippen LogP contribution >= 0.6 is 11.3 Å². The molecule has 1 aliphatic heterocycles. The number of aliphatic hydroxyl groups is 1. The average Bonchev–Trinajstić information content (AvgIpc) is 3.30. The lowest BCUT2D eigenvalue weighted by Gasteiger charge is -2.31. The third kappa shape index (κ3) is 3.32. The van der Waals surface area contributed by atoms with Crippen molar-refractivity contribution < 1.29 is 5.11 Å². The number of aromatic nitrogens is 4. The zero-order valence-electron chi connectivity index (χ0n) is 14.2. The molecule has 0 aliphatic carbocycles. The van der Waals surface area contributed by atoms with Crippen LogP contribution in [0, 0.1) is 5.92 Å². The van der Waals surface area contributed by atoms with E-state index in [0.717, 1.165) is 65.8 Å². The molecule has 3 aromatic rings. The maximum absolute atomic E-state index is 9.32. The van der Waals surface area contributed by atoms with Gasteiger partial charge in [0.1, 0.15) is 0 Å². The van der Waals surface area contributed by atoms with E-state index in [9.17, 15) is 5.11 Å². The van der Waals surface area contributed by atoms with E-state index >= 15 is 0 Å². The summed E-state index contributed by atoms with van der Waals surface area (Å²) >= 11 is 1.63. The molecule has 0 saturated carbocycles. The summed E-state index contributed by atoms with van der Waals surface area (Å²) in [6, 6.07) is 4.03. The van der Waals surface area contributed by atoms with Gasteiger partial charge in [0, 0.05) is 31.5 Å². The fourth-order valence-electron chi connectivity index (χ4n) is 3.12. The van der Waals surface area contributed by atoms with Crippen molar-refractivity contribution in [2.75, 3.05) is 29.9 Å². The smallest absolute Gasteiger partial charge is 0.227 e. The van der Waals surface area contributed by atoms with Crippen molar-refractivity contribution in [3.05, 3.63) is 23.2 Å². The molecule has 1 aliphatic rings. The molecular formula is C17H22N6OS. The van der Waals surface area contributed by atoms with E-state index in [4.69, 9.17) is 9.97 Å². The number of rotatable bonds is 5. The van der Waals surface area contributed by atoms with Crippen LogP contribution in [0.5, 0.6) is 0 Å². The van der Waals surface area contributed by atoms with Gasteiger partial charge in [0.15, 0.2) is 11.6 Å². The zero-order valence-corrected chi connectivity index (χ0v) is 15.0. The van der Waals surface area contributed by atoms with Crippen molar-refractivity contribution in [3.63, 3.8) is 0 Å². The minimum Gasteiger partial charge on any atom is -0.396 e. The molecule has 132 valence electrons. The second kappa shape index (κ2) is 6.97. The summed E-state index contributed by atoms with van der Waals surface area (Å²) in [6.45, 7) is 4.11. The zero-order chi connectivity index (χ0) is 17.2. The Morgan fingerprint density at radius 3 is 2.92 bits per heavy atom. The number of hydrogen-bond donors (Lipinski definition) is 3. The van der Waals surface area contributed by atoms with E-state index in [2.05, 4.69) is 27.3 Å². The lowest BCUT2D eigenvalue weighted by molar-refractivity contribution is 0.202. The molecule has 1 fully saturated rings. The van der Waals surface area contributed by atoms with Crippen molar-refractivity contribution in [2.45, 2.75) is 26.2 Å². The highest BCUT2D eigenvalue weighted by Crippen LogP contribution is 2.31. The Labute approximate surface area is 150 Å². The number of nitrogens with one attached hydrogen (secondary N) is 2. The molecule has 7 nitrogen and oxygen atoms in total. The minimum atomic E-state index is 0.268. The summed E-state index contributed by atoms with van der Waals surface area (Å²) in [4.78, 5) is 11.7.